The molecule has 3 nitrogen and oxygen atoms in total. The van der Waals surface area contributed by atoms with E-state index in [1.807, 2.05) is 12.1 Å². The Bertz CT molecular complexity index is 523. The molecule has 88 valence electrons. The maximum Gasteiger partial charge on any atom is 0.167 e. The second-order valence-corrected chi connectivity index (χ2v) is 3.93. The molecule has 0 bridgehead atoms. The number of aryl methyl sites for hydroxylation is 1. The van der Waals surface area contributed by atoms with Gasteiger partial charge in [-0.3, -0.25) is 4.98 Å². The molecular formula is C14H15NO2. The zero-order chi connectivity index (χ0) is 12.3. The van der Waals surface area contributed by atoms with Gasteiger partial charge in [-0.25, -0.2) is 0 Å². The topological polar surface area (TPSA) is 53.4 Å². The quantitative estimate of drug-likeness (QED) is 0.795. The summed E-state index contributed by atoms with van der Waals surface area (Å²) in [7, 11) is 0. The van der Waals surface area contributed by atoms with Gasteiger partial charge in [0.2, 0.25) is 0 Å². The van der Waals surface area contributed by atoms with Gasteiger partial charge in [0.05, 0.1) is 5.69 Å². The fraction of sp³-hybridized carbons (Fsp3) is 0.214. The third kappa shape index (κ3) is 2.23. The molecule has 0 aliphatic rings. The number of aromatic hydroxyl groups is 2. The van der Waals surface area contributed by atoms with E-state index in [0.717, 1.165) is 24.1 Å². The lowest BCUT2D eigenvalue weighted by atomic mass is 10.0. The van der Waals surface area contributed by atoms with Crippen molar-refractivity contribution in [1.82, 2.24) is 4.98 Å². The average Bonchev–Trinajstić information content (AvgIpc) is 2.34. The molecular weight excluding hydrogens is 214 g/mol. The highest BCUT2D eigenvalue weighted by molar-refractivity contribution is 5.72. The van der Waals surface area contributed by atoms with Crippen molar-refractivity contribution in [2.75, 3.05) is 0 Å². The SMILES string of the molecule is CCCc1cccnc1-c1cccc(O)c1O. The minimum atomic E-state index is -0.115. The van der Waals surface area contributed by atoms with Crippen LogP contribution >= 0.6 is 0 Å². The Morgan fingerprint density at radius 3 is 2.71 bits per heavy atom. The first kappa shape index (κ1) is 11.5. The van der Waals surface area contributed by atoms with Crippen LogP contribution in [0.4, 0.5) is 0 Å². The lowest BCUT2D eigenvalue weighted by Crippen LogP contribution is -1.92. The Hall–Kier alpha value is -2.03. The Kier molecular flexibility index (Phi) is 3.28. The van der Waals surface area contributed by atoms with Crippen LogP contribution in [0.1, 0.15) is 18.9 Å². The minimum absolute atomic E-state index is 0.108. The maximum absolute atomic E-state index is 9.85. The number of phenols is 2. The van der Waals surface area contributed by atoms with Crippen LogP contribution in [0.2, 0.25) is 0 Å². The van der Waals surface area contributed by atoms with Crippen LogP contribution in [-0.2, 0) is 6.42 Å². The average molecular weight is 229 g/mol. The Morgan fingerprint density at radius 2 is 1.94 bits per heavy atom. The van der Waals surface area contributed by atoms with Crippen LogP contribution in [0.25, 0.3) is 11.3 Å². The lowest BCUT2D eigenvalue weighted by Gasteiger charge is -2.09. The van der Waals surface area contributed by atoms with E-state index in [2.05, 4.69) is 11.9 Å². The van der Waals surface area contributed by atoms with Crippen LogP contribution in [-0.4, -0.2) is 15.2 Å². The van der Waals surface area contributed by atoms with Crippen molar-refractivity contribution in [2.45, 2.75) is 19.8 Å². The van der Waals surface area contributed by atoms with E-state index in [1.165, 1.54) is 6.07 Å². The summed E-state index contributed by atoms with van der Waals surface area (Å²) in [6.07, 6.45) is 3.61. The molecule has 0 aliphatic heterocycles. The number of pyridine rings is 1. The molecule has 2 aromatic rings. The van der Waals surface area contributed by atoms with E-state index in [4.69, 9.17) is 0 Å². The summed E-state index contributed by atoms with van der Waals surface area (Å²) in [6.45, 7) is 2.10. The fourth-order valence-corrected chi connectivity index (χ4v) is 1.87. The lowest BCUT2D eigenvalue weighted by molar-refractivity contribution is 0.405. The van der Waals surface area contributed by atoms with Crippen molar-refractivity contribution < 1.29 is 10.2 Å². The molecule has 3 heteroatoms. The molecule has 17 heavy (non-hydrogen) atoms. The molecule has 0 fully saturated rings. The van der Waals surface area contributed by atoms with E-state index >= 15 is 0 Å². The van der Waals surface area contributed by atoms with Crippen molar-refractivity contribution in [3.8, 4) is 22.8 Å². The third-order valence-corrected chi connectivity index (χ3v) is 2.68. The number of benzene rings is 1. The van der Waals surface area contributed by atoms with Crippen molar-refractivity contribution in [3.05, 3.63) is 42.1 Å². The molecule has 1 aromatic heterocycles. The molecule has 0 saturated carbocycles. The summed E-state index contributed by atoms with van der Waals surface area (Å²) in [5, 5.41) is 19.4. The van der Waals surface area contributed by atoms with Gasteiger partial charge in [0.25, 0.3) is 0 Å². The number of nitrogens with zero attached hydrogens (tertiary/aromatic N) is 1. The second kappa shape index (κ2) is 4.87. The summed E-state index contributed by atoms with van der Waals surface area (Å²) >= 11 is 0. The smallest absolute Gasteiger partial charge is 0.167 e. The molecule has 0 unspecified atom stereocenters. The molecule has 1 heterocycles. The monoisotopic (exact) mass is 229 g/mol. The highest BCUT2D eigenvalue weighted by atomic mass is 16.3. The van der Waals surface area contributed by atoms with Gasteiger partial charge in [-0.05, 0) is 30.2 Å². The first-order valence-electron chi connectivity index (χ1n) is 5.69. The van der Waals surface area contributed by atoms with Gasteiger partial charge in [0.1, 0.15) is 0 Å². The van der Waals surface area contributed by atoms with Crippen LogP contribution < -0.4 is 0 Å². The van der Waals surface area contributed by atoms with Gasteiger partial charge < -0.3 is 10.2 Å². The molecule has 0 spiro atoms. The number of aromatic nitrogens is 1. The molecule has 0 amide bonds. The number of para-hydroxylation sites is 1. The number of hydrogen-bond acceptors (Lipinski definition) is 3. The first-order valence-corrected chi connectivity index (χ1v) is 5.69. The van der Waals surface area contributed by atoms with Gasteiger partial charge in [0, 0.05) is 11.8 Å². The highest BCUT2D eigenvalue weighted by Crippen LogP contribution is 2.36. The van der Waals surface area contributed by atoms with E-state index < -0.39 is 0 Å². The number of rotatable bonds is 3. The summed E-state index contributed by atoms with van der Waals surface area (Å²) in [5.74, 6) is -0.223. The third-order valence-electron chi connectivity index (χ3n) is 2.68. The molecule has 0 radical (unpaired) electrons. The van der Waals surface area contributed by atoms with Crippen LogP contribution in [0.3, 0.4) is 0 Å². The Labute approximate surface area is 100 Å². The summed E-state index contributed by atoms with van der Waals surface area (Å²) in [5.41, 5.74) is 2.40. The normalized spacial score (nSPS) is 10.4. The molecule has 1 aromatic carbocycles. The van der Waals surface area contributed by atoms with Crippen LogP contribution in [0.15, 0.2) is 36.5 Å². The van der Waals surface area contributed by atoms with Crippen molar-refractivity contribution in [3.63, 3.8) is 0 Å². The van der Waals surface area contributed by atoms with Gasteiger partial charge in [0.15, 0.2) is 11.5 Å². The van der Waals surface area contributed by atoms with Crippen molar-refractivity contribution >= 4 is 0 Å². The van der Waals surface area contributed by atoms with E-state index in [0.29, 0.717) is 5.56 Å². The van der Waals surface area contributed by atoms with Crippen LogP contribution in [0.5, 0.6) is 11.5 Å². The summed E-state index contributed by atoms with van der Waals surface area (Å²) in [6, 6.07) is 8.80. The minimum Gasteiger partial charge on any atom is -0.504 e. The predicted octanol–water partition coefficient (Wildman–Crippen LogP) is 3.11. The first-order chi connectivity index (χ1) is 8.24. The number of phenolic OH excluding ortho intramolecular Hbond substituents is 2. The zero-order valence-electron chi connectivity index (χ0n) is 9.72. The molecule has 0 saturated heterocycles. The fourth-order valence-electron chi connectivity index (χ4n) is 1.87. The van der Waals surface area contributed by atoms with E-state index in [1.54, 1.807) is 18.3 Å². The largest absolute Gasteiger partial charge is 0.504 e. The predicted molar refractivity (Wildman–Crippen MR) is 67.0 cm³/mol. The Balaban J connectivity index is 2.56. The molecule has 2 rings (SSSR count). The van der Waals surface area contributed by atoms with Crippen LogP contribution in [0, 0.1) is 0 Å². The van der Waals surface area contributed by atoms with Gasteiger partial charge in [-0.1, -0.05) is 25.5 Å². The highest BCUT2D eigenvalue weighted by Gasteiger charge is 2.12. The second-order valence-electron chi connectivity index (χ2n) is 3.93. The van der Waals surface area contributed by atoms with E-state index in [-0.39, 0.29) is 11.5 Å². The Morgan fingerprint density at radius 1 is 1.12 bits per heavy atom. The maximum atomic E-state index is 9.85. The standard InChI is InChI=1S/C14H15NO2/c1-2-5-10-6-4-9-15-13(10)11-7-3-8-12(16)14(11)17/h3-4,6-9,16-17H,2,5H2,1H3. The summed E-state index contributed by atoms with van der Waals surface area (Å²) in [4.78, 5) is 4.30. The van der Waals surface area contributed by atoms with Crippen molar-refractivity contribution in [1.29, 1.82) is 0 Å². The zero-order valence-corrected chi connectivity index (χ0v) is 9.72. The molecule has 2 N–H and O–H groups in total. The van der Waals surface area contributed by atoms with E-state index in [9.17, 15) is 10.2 Å². The summed E-state index contributed by atoms with van der Waals surface area (Å²) < 4.78 is 0. The van der Waals surface area contributed by atoms with Crippen molar-refractivity contribution in [2.24, 2.45) is 0 Å². The van der Waals surface area contributed by atoms with Gasteiger partial charge in [-0.15, -0.1) is 0 Å². The molecule has 0 atom stereocenters. The van der Waals surface area contributed by atoms with Gasteiger partial charge >= 0.3 is 0 Å². The van der Waals surface area contributed by atoms with Gasteiger partial charge in [-0.2, -0.15) is 0 Å². The molecule has 0 aliphatic carbocycles. The number of hydrogen-bond donors (Lipinski definition) is 2.